The normalized spacial score (nSPS) is 26.4. The molecule has 5 aliphatic rings. The number of ether oxygens (including phenoxy) is 1. The zero-order valence-corrected chi connectivity index (χ0v) is 36.8. The Kier molecular flexibility index (Phi) is 11.5. The summed E-state index contributed by atoms with van der Waals surface area (Å²) in [4.78, 5) is 38.0. The lowest BCUT2D eigenvalue weighted by molar-refractivity contribution is -0.247. The minimum Gasteiger partial charge on any atom is -0.476 e. The van der Waals surface area contributed by atoms with E-state index in [1.54, 1.807) is 6.20 Å². The summed E-state index contributed by atoms with van der Waals surface area (Å²) in [6, 6.07) is 17.2. The van der Waals surface area contributed by atoms with E-state index in [0.717, 1.165) is 71.1 Å². The summed E-state index contributed by atoms with van der Waals surface area (Å²) in [5, 5.41) is 61.1. The van der Waals surface area contributed by atoms with E-state index in [2.05, 4.69) is 29.5 Å². The van der Waals surface area contributed by atoms with Gasteiger partial charge in [0.25, 0.3) is 5.91 Å². The number of carboxylic acids is 1. The van der Waals surface area contributed by atoms with Gasteiger partial charge in [0.2, 0.25) is 0 Å². The summed E-state index contributed by atoms with van der Waals surface area (Å²) in [7, 11) is 0. The van der Waals surface area contributed by atoms with Crippen LogP contribution in [0, 0.1) is 23.2 Å². The molecule has 5 atom stereocenters. The summed E-state index contributed by atoms with van der Waals surface area (Å²) < 4.78 is 9.83. The number of nitrogens with zero attached hydrogens (tertiary/aromatic N) is 5. The molecular weight excluding hydrogens is 823 g/mol. The van der Waals surface area contributed by atoms with Crippen molar-refractivity contribution in [1.29, 1.82) is 0 Å². The third-order valence-corrected chi connectivity index (χ3v) is 14.9. The van der Waals surface area contributed by atoms with Crippen molar-refractivity contribution in [1.82, 2.24) is 25.1 Å². The molecule has 2 aromatic carbocycles. The minimum absolute atomic E-state index is 0.0507. The van der Waals surface area contributed by atoms with Crippen LogP contribution in [0.25, 0.3) is 21.3 Å². The zero-order chi connectivity index (χ0) is 44.3. The maximum atomic E-state index is 13.7. The molecule has 3 aromatic heterocycles. The highest BCUT2D eigenvalue weighted by Gasteiger charge is 2.66. The molecular formula is C47H57N7O8S. The van der Waals surface area contributed by atoms with Crippen molar-refractivity contribution in [2.75, 3.05) is 43.1 Å². The average Bonchev–Trinajstić information content (AvgIpc) is 3.82. The van der Waals surface area contributed by atoms with Gasteiger partial charge in [-0.25, -0.2) is 14.8 Å². The topological polar surface area (TPSA) is 215 Å². The van der Waals surface area contributed by atoms with Crippen molar-refractivity contribution < 1.29 is 39.9 Å². The third-order valence-electron chi connectivity index (χ3n) is 14.0. The fraction of sp³-hybridized carbons (Fsp3) is 0.511. The number of nitrogens with one attached hydrogen (secondary N) is 2. The number of benzene rings is 2. The van der Waals surface area contributed by atoms with Gasteiger partial charge in [0.05, 0.1) is 41.3 Å². The number of aromatic nitrogens is 4. The second kappa shape index (κ2) is 16.6. The van der Waals surface area contributed by atoms with Gasteiger partial charge in [-0.05, 0) is 110 Å². The Morgan fingerprint density at radius 3 is 2.44 bits per heavy atom. The van der Waals surface area contributed by atoms with Crippen molar-refractivity contribution in [2.45, 2.75) is 103 Å². The van der Waals surface area contributed by atoms with Crippen LogP contribution in [0.15, 0.2) is 60.8 Å². The van der Waals surface area contributed by atoms with Crippen molar-refractivity contribution in [3.63, 3.8) is 0 Å². The molecule has 0 spiro atoms. The fourth-order valence-corrected chi connectivity index (χ4v) is 13.4. The van der Waals surface area contributed by atoms with Crippen molar-refractivity contribution in [2.24, 2.45) is 16.2 Å². The quantitative estimate of drug-likeness (QED) is 0.0638. The van der Waals surface area contributed by atoms with Gasteiger partial charge in [0.15, 0.2) is 10.8 Å². The van der Waals surface area contributed by atoms with E-state index in [1.807, 2.05) is 71.1 Å². The fourth-order valence-electron chi connectivity index (χ4n) is 12.5. The summed E-state index contributed by atoms with van der Waals surface area (Å²) in [6.07, 6.45) is 4.39. The number of carbonyl (C=O) groups is 2. The number of pyridine rings is 1. The molecule has 15 nitrogen and oxygen atoms in total. The maximum absolute atomic E-state index is 13.7. The molecule has 1 amide bonds. The predicted molar refractivity (Wildman–Crippen MR) is 239 cm³/mol. The largest absolute Gasteiger partial charge is 0.476 e. The lowest BCUT2D eigenvalue weighted by Crippen LogP contribution is -2.64. The Morgan fingerprint density at radius 2 is 1.70 bits per heavy atom. The zero-order valence-electron chi connectivity index (χ0n) is 36.0. The third kappa shape index (κ3) is 8.50. The van der Waals surface area contributed by atoms with E-state index in [-0.39, 0.29) is 40.0 Å². The molecule has 63 heavy (non-hydrogen) atoms. The van der Waals surface area contributed by atoms with Gasteiger partial charge in [-0.1, -0.05) is 49.4 Å². The van der Waals surface area contributed by atoms with Crippen LogP contribution in [0.4, 0.5) is 10.9 Å². The van der Waals surface area contributed by atoms with Crippen LogP contribution in [0.2, 0.25) is 0 Å². The number of aromatic carboxylic acids is 1. The number of anilines is 2. The van der Waals surface area contributed by atoms with Crippen molar-refractivity contribution in [3.05, 3.63) is 88.9 Å². The van der Waals surface area contributed by atoms with E-state index in [4.69, 9.17) is 19.9 Å². The molecule has 4 fully saturated rings. The first-order valence-electron chi connectivity index (χ1n) is 21.9. The van der Waals surface area contributed by atoms with Gasteiger partial charge in [0.1, 0.15) is 18.0 Å². The molecule has 4 heterocycles. The van der Waals surface area contributed by atoms with E-state index in [1.165, 1.54) is 11.3 Å². The van der Waals surface area contributed by atoms with Crippen LogP contribution < -0.4 is 15.5 Å². The number of aliphatic hydroxyl groups is 4. The summed E-state index contributed by atoms with van der Waals surface area (Å²) in [5.74, 6) is -0.843. The van der Waals surface area contributed by atoms with Crippen molar-refractivity contribution >= 4 is 44.4 Å². The summed E-state index contributed by atoms with van der Waals surface area (Å²) >= 11 is 1.43. The standard InChI is InChI=1S/C47H57N7O8S/c1-28-32(17-49-54(28)27-46-22-44(2)21-45(3,23-46)25-47(24-44,26-46)62-16-14-48-18-35(56)40(58)36(57)20-55)30-11-12-38(51-39(30)42(60)61)53-15-13-29-7-6-8-31(33(29)19-53)41(59)52-43-50-34-9-4-5-10-37(34)63-43/h4-12,17,35-36,40,48,55-58H,13-16,18-27H2,1-3H3,(H,60,61)(H,50,52,59). The summed E-state index contributed by atoms with van der Waals surface area (Å²) in [5.41, 5.74) is 5.17. The van der Waals surface area contributed by atoms with Crippen LogP contribution in [0.3, 0.4) is 0 Å². The van der Waals surface area contributed by atoms with Crippen molar-refractivity contribution in [3.8, 4) is 11.1 Å². The minimum atomic E-state index is -1.45. The highest BCUT2D eigenvalue weighted by Crippen LogP contribution is 2.72. The molecule has 334 valence electrons. The first-order chi connectivity index (χ1) is 30.1. The number of para-hydroxylation sites is 1. The number of amides is 1. The Hall–Kier alpha value is -4.81. The monoisotopic (exact) mass is 879 g/mol. The first kappa shape index (κ1) is 43.4. The highest BCUT2D eigenvalue weighted by atomic mass is 32.1. The number of fused-ring (bicyclic) bond motifs is 2. The second-order valence-electron chi connectivity index (χ2n) is 19.5. The number of rotatable bonds is 16. The lowest BCUT2D eigenvalue weighted by Gasteiger charge is -2.69. The van der Waals surface area contributed by atoms with Gasteiger partial charge in [-0.15, -0.1) is 0 Å². The Labute approximate surface area is 370 Å². The predicted octanol–water partition coefficient (Wildman–Crippen LogP) is 5.18. The van der Waals surface area contributed by atoms with Gasteiger partial charge < -0.3 is 40.5 Å². The van der Waals surface area contributed by atoms with Gasteiger partial charge in [0, 0.05) is 55.1 Å². The number of hydrogen-bond donors (Lipinski definition) is 7. The Bertz CT molecular complexity index is 2490. The molecule has 4 aliphatic carbocycles. The highest BCUT2D eigenvalue weighted by molar-refractivity contribution is 7.22. The average molecular weight is 880 g/mol. The molecule has 0 saturated heterocycles. The van der Waals surface area contributed by atoms with Crippen LogP contribution in [-0.2, 0) is 24.2 Å². The number of carbonyl (C=O) groups excluding carboxylic acids is 1. The second-order valence-corrected chi connectivity index (χ2v) is 20.5. The van der Waals surface area contributed by atoms with Gasteiger partial charge in [-0.3, -0.25) is 14.8 Å². The Balaban J connectivity index is 0.902. The van der Waals surface area contributed by atoms with E-state index in [0.29, 0.717) is 61.3 Å². The van der Waals surface area contributed by atoms with Crippen LogP contribution in [-0.4, -0.2) is 114 Å². The molecule has 5 aromatic rings. The van der Waals surface area contributed by atoms with Crippen LogP contribution >= 0.6 is 11.3 Å². The molecule has 1 aliphatic heterocycles. The lowest BCUT2D eigenvalue weighted by atomic mass is 9.39. The van der Waals surface area contributed by atoms with E-state index in [9.17, 15) is 30.0 Å². The number of aliphatic hydroxyl groups excluding tert-OH is 4. The van der Waals surface area contributed by atoms with Gasteiger partial charge >= 0.3 is 5.97 Å². The molecule has 0 radical (unpaired) electrons. The molecule has 7 N–H and O–H groups in total. The molecule has 5 unspecified atom stereocenters. The van der Waals surface area contributed by atoms with Crippen LogP contribution in [0.5, 0.6) is 0 Å². The smallest absolute Gasteiger partial charge is 0.355 e. The molecule has 16 heteroatoms. The maximum Gasteiger partial charge on any atom is 0.355 e. The molecule has 4 saturated carbocycles. The SMILES string of the molecule is Cc1c(-c2ccc(N3CCc4cccc(C(=O)Nc5nc6ccccc6s5)c4C3)nc2C(=O)O)cnn1CC12CC3(C)CC(C)(C1)CC(OCCNCC(O)C(O)C(O)CO)(C3)C2. The molecule has 10 rings (SSSR count). The van der Waals surface area contributed by atoms with E-state index < -0.39 is 30.9 Å². The van der Waals surface area contributed by atoms with E-state index >= 15 is 0 Å². The summed E-state index contributed by atoms with van der Waals surface area (Å²) in [6.45, 7) is 8.75. The number of thiazole rings is 1. The van der Waals surface area contributed by atoms with Gasteiger partial charge in [-0.2, -0.15) is 5.10 Å². The number of hydrogen-bond acceptors (Lipinski definition) is 13. The first-order valence-corrected chi connectivity index (χ1v) is 22.7. The Morgan fingerprint density at radius 1 is 0.921 bits per heavy atom. The number of carboxylic acid groups (broad SMARTS) is 1. The van der Waals surface area contributed by atoms with Crippen LogP contribution in [0.1, 0.15) is 90.0 Å². The molecule has 4 bridgehead atoms.